The van der Waals surface area contributed by atoms with Crippen LogP contribution in [-0.4, -0.2) is 34.1 Å². The van der Waals surface area contributed by atoms with E-state index in [0.717, 1.165) is 42.5 Å². The highest BCUT2D eigenvalue weighted by atomic mass is 16.5. The molecule has 1 aromatic heterocycles. The van der Waals surface area contributed by atoms with Crippen LogP contribution in [0.2, 0.25) is 0 Å². The number of nitrogens with zero attached hydrogens (tertiary/aromatic N) is 2. The van der Waals surface area contributed by atoms with Gasteiger partial charge in [0.05, 0.1) is 17.1 Å². The predicted octanol–water partition coefficient (Wildman–Crippen LogP) is 3.23. The van der Waals surface area contributed by atoms with Gasteiger partial charge in [-0.3, -0.25) is 9.59 Å². The summed E-state index contributed by atoms with van der Waals surface area (Å²) >= 11 is 0. The molecule has 0 saturated carbocycles. The summed E-state index contributed by atoms with van der Waals surface area (Å²) in [6, 6.07) is 7.85. The van der Waals surface area contributed by atoms with Crippen molar-refractivity contribution in [3.63, 3.8) is 0 Å². The number of nitrogens with one attached hydrogen (secondary N) is 1. The Kier molecular flexibility index (Phi) is 7.63. The number of hydrogen-bond acceptors (Lipinski definition) is 4. The van der Waals surface area contributed by atoms with Gasteiger partial charge in [-0.2, -0.15) is 0 Å². The normalized spacial score (nSPS) is 11.1. The van der Waals surface area contributed by atoms with Crippen LogP contribution in [0.15, 0.2) is 24.3 Å². The minimum Gasteiger partial charge on any atom is -0.462 e. The van der Waals surface area contributed by atoms with Gasteiger partial charge in [-0.1, -0.05) is 25.5 Å². The molecule has 0 spiro atoms. The monoisotopic (exact) mass is 359 g/mol. The van der Waals surface area contributed by atoms with Crippen molar-refractivity contribution < 1.29 is 14.3 Å². The third-order valence-electron chi connectivity index (χ3n) is 4.11. The Labute approximate surface area is 154 Å². The van der Waals surface area contributed by atoms with Crippen molar-refractivity contribution in [2.45, 2.75) is 65.5 Å². The van der Waals surface area contributed by atoms with E-state index in [4.69, 9.17) is 4.74 Å². The van der Waals surface area contributed by atoms with Crippen LogP contribution in [0.4, 0.5) is 0 Å². The number of hydrogen-bond donors (Lipinski definition) is 1. The van der Waals surface area contributed by atoms with E-state index in [1.54, 1.807) is 0 Å². The van der Waals surface area contributed by atoms with Crippen LogP contribution in [0.5, 0.6) is 0 Å². The molecule has 0 aliphatic carbocycles. The molecule has 0 radical (unpaired) electrons. The average molecular weight is 359 g/mol. The summed E-state index contributed by atoms with van der Waals surface area (Å²) in [5.41, 5.74) is 1.86. The number of carbonyl (C=O) groups is 2. The van der Waals surface area contributed by atoms with Gasteiger partial charge in [0.2, 0.25) is 5.91 Å². The second-order valence-electron chi connectivity index (χ2n) is 6.66. The van der Waals surface area contributed by atoms with Crippen LogP contribution >= 0.6 is 0 Å². The average Bonchev–Trinajstić information content (AvgIpc) is 2.94. The van der Waals surface area contributed by atoms with E-state index in [1.807, 2.05) is 49.6 Å². The van der Waals surface area contributed by atoms with E-state index >= 15 is 0 Å². The Hall–Kier alpha value is -2.37. The smallest absolute Gasteiger partial charge is 0.326 e. The fourth-order valence-electron chi connectivity index (χ4n) is 2.86. The first-order chi connectivity index (χ1) is 12.5. The zero-order valence-corrected chi connectivity index (χ0v) is 16.0. The minimum absolute atomic E-state index is 0.0930. The number of fused-ring (bicyclic) bond motifs is 1. The SMILES string of the molecule is CCC(=O)NCCCCCc1nc2ccccc2n1CC(=O)OC(C)C. The molecule has 142 valence electrons. The summed E-state index contributed by atoms with van der Waals surface area (Å²) in [7, 11) is 0. The van der Waals surface area contributed by atoms with Crippen molar-refractivity contribution in [2.24, 2.45) is 0 Å². The van der Waals surface area contributed by atoms with E-state index in [-0.39, 0.29) is 24.5 Å². The van der Waals surface area contributed by atoms with Gasteiger partial charge in [-0.05, 0) is 38.8 Å². The maximum Gasteiger partial charge on any atom is 0.326 e. The van der Waals surface area contributed by atoms with Gasteiger partial charge in [-0.25, -0.2) is 4.98 Å². The van der Waals surface area contributed by atoms with Gasteiger partial charge in [-0.15, -0.1) is 0 Å². The van der Waals surface area contributed by atoms with Crippen molar-refractivity contribution in [3.05, 3.63) is 30.1 Å². The number of benzene rings is 1. The molecular formula is C20H29N3O3. The molecule has 6 nitrogen and oxygen atoms in total. The molecule has 0 aliphatic rings. The third-order valence-corrected chi connectivity index (χ3v) is 4.11. The number of esters is 1. The van der Waals surface area contributed by atoms with Gasteiger partial charge in [0.15, 0.2) is 0 Å². The molecule has 0 fully saturated rings. The Balaban J connectivity index is 1.96. The van der Waals surface area contributed by atoms with Crippen LogP contribution in [0, 0.1) is 0 Å². The van der Waals surface area contributed by atoms with Gasteiger partial charge in [0, 0.05) is 19.4 Å². The number of imidazole rings is 1. The Bertz CT molecular complexity index is 737. The second kappa shape index (κ2) is 9.94. The third kappa shape index (κ3) is 5.86. The predicted molar refractivity (Wildman–Crippen MR) is 102 cm³/mol. The van der Waals surface area contributed by atoms with Crippen molar-refractivity contribution in [3.8, 4) is 0 Å². The molecule has 26 heavy (non-hydrogen) atoms. The summed E-state index contributed by atoms with van der Waals surface area (Å²) in [5.74, 6) is 0.756. The lowest BCUT2D eigenvalue weighted by Gasteiger charge is -2.11. The Morgan fingerprint density at radius 3 is 2.69 bits per heavy atom. The highest BCUT2D eigenvalue weighted by Crippen LogP contribution is 2.18. The molecule has 0 saturated heterocycles. The van der Waals surface area contributed by atoms with E-state index in [0.29, 0.717) is 13.0 Å². The molecule has 0 unspecified atom stereocenters. The molecule has 2 aromatic rings. The first kappa shape index (κ1) is 19.9. The number of rotatable bonds is 10. The lowest BCUT2D eigenvalue weighted by atomic mass is 10.2. The first-order valence-electron chi connectivity index (χ1n) is 9.41. The fraction of sp³-hybridized carbons (Fsp3) is 0.550. The maximum absolute atomic E-state index is 12.1. The summed E-state index contributed by atoms with van der Waals surface area (Å²) in [6.07, 6.45) is 4.11. The number of para-hydroxylation sites is 2. The van der Waals surface area contributed by atoms with Gasteiger partial charge < -0.3 is 14.6 Å². The van der Waals surface area contributed by atoms with Crippen LogP contribution in [0.3, 0.4) is 0 Å². The summed E-state index contributed by atoms with van der Waals surface area (Å²) in [6.45, 7) is 6.44. The molecule has 0 bridgehead atoms. The molecule has 0 aliphatic heterocycles. The van der Waals surface area contributed by atoms with Crippen LogP contribution in [0.1, 0.15) is 52.3 Å². The number of aryl methyl sites for hydroxylation is 1. The lowest BCUT2D eigenvalue weighted by molar-refractivity contribution is -0.148. The molecule has 1 N–H and O–H groups in total. The van der Waals surface area contributed by atoms with Crippen molar-refractivity contribution >= 4 is 22.9 Å². The first-order valence-corrected chi connectivity index (χ1v) is 9.41. The number of ether oxygens (including phenoxy) is 1. The number of carbonyl (C=O) groups excluding carboxylic acids is 2. The molecule has 6 heteroatoms. The molecule has 1 heterocycles. The topological polar surface area (TPSA) is 73.2 Å². The number of aromatic nitrogens is 2. The van der Waals surface area contributed by atoms with E-state index in [2.05, 4.69) is 10.3 Å². The quantitative estimate of drug-likeness (QED) is 0.522. The largest absolute Gasteiger partial charge is 0.462 e. The Morgan fingerprint density at radius 2 is 1.96 bits per heavy atom. The maximum atomic E-state index is 12.1. The molecular weight excluding hydrogens is 330 g/mol. The zero-order valence-electron chi connectivity index (χ0n) is 16.0. The Morgan fingerprint density at radius 1 is 1.19 bits per heavy atom. The van der Waals surface area contributed by atoms with Gasteiger partial charge in [0.25, 0.3) is 0 Å². The van der Waals surface area contributed by atoms with Gasteiger partial charge >= 0.3 is 5.97 Å². The fourth-order valence-corrected chi connectivity index (χ4v) is 2.86. The van der Waals surface area contributed by atoms with Gasteiger partial charge in [0.1, 0.15) is 12.4 Å². The summed E-state index contributed by atoms with van der Waals surface area (Å²) in [5, 5.41) is 2.89. The van der Waals surface area contributed by atoms with Crippen LogP contribution in [-0.2, 0) is 27.3 Å². The molecule has 2 rings (SSSR count). The zero-order chi connectivity index (χ0) is 18.9. The van der Waals surface area contributed by atoms with Crippen molar-refractivity contribution in [1.82, 2.24) is 14.9 Å². The van der Waals surface area contributed by atoms with Crippen molar-refractivity contribution in [2.75, 3.05) is 6.54 Å². The van der Waals surface area contributed by atoms with E-state index in [9.17, 15) is 9.59 Å². The van der Waals surface area contributed by atoms with E-state index in [1.165, 1.54) is 0 Å². The van der Waals surface area contributed by atoms with Crippen LogP contribution in [0.25, 0.3) is 11.0 Å². The van der Waals surface area contributed by atoms with E-state index < -0.39 is 0 Å². The standard InChI is InChI=1S/C20H29N3O3/c1-4-19(24)21-13-9-5-6-12-18-22-16-10-7-8-11-17(16)23(18)14-20(25)26-15(2)3/h7-8,10-11,15H,4-6,9,12-14H2,1-3H3,(H,21,24). The number of unbranched alkanes of at least 4 members (excludes halogenated alkanes) is 2. The molecule has 0 atom stereocenters. The second-order valence-corrected chi connectivity index (χ2v) is 6.66. The molecule has 1 amide bonds. The summed E-state index contributed by atoms with van der Waals surface area (Å²) < 4.78 is 7.25. The van der Waals surface area contributed by atoms with Crippen LogP contribution < -0.4 is 5.32 Å². The highest BCUT2D eigenvalue weighted by molar-refractivity contribution is 5.79. The molecule has 1 aromatic carbocycles. The lowest BCUT2D eigenvalue weighted by Crippen LogP contribution is -2.23. The summed E-state index contributed by atoms with van der Waals surface area (Å²) in [4.78, 5) is 28.0. The number of amides is 1. The minimum atomic E-state index is -0.244. The van der Waals surface area contributed by atoms with Crippen molar-refractivity contribution in [1.29, 1.82) is 0 Å². The highest BCUT2D eigenvalue weighted by Gasteiger charge is 2.14.